The quantitative estimate of drug-likeness (QED) is 0.524. The second-order valence-corrected chi connectivity index (χ2v) is 7.62. The molecule has 0 aliphatic heterocycles. The van der Waals surface area contributed by atoms with Crippen LogP contribution in [0.15, 0.2) is 58.4 Å². The van der Waals surface area contributed by atoms with E-state index in [4.69, 9.17) is 22.3 Å². The van der Waals surface area contributed by atoms with E-state index in [0.717, 1.165) is 5.56 Å². The van der Waals surface area contributed by atoms with E-state index in [1.807, 2.05) is 44.2 Å². The number of aromatic nitrogens is 4. The Labute approximate surface area is 177 Å². The molecule has 0 aliphatic carbocycles. The molecule has 1 aromatic carbocycles. The zero-order valence-electron chi connectivity index (χ0n) is 16.5. The maximum atomic E-state index is 12.8. The average Bonchev–Trinajstić information content (AvgIpc) is 2.75. The lowest BCUT2D eigenvalue weighted by Gasteiger charge is -2.15. The molecule has 0 unspecified atom stereocenters. The second kappa shape index (κ2) is 7.85. The molecule has 0 amide bonds. The summed E-state index contributed by atoms with van der Waals surface area (Å²) in [5.74, 6) is 0. The van der Waals surface area contributed by atoms with Crippen molar-refractivity contribution in [2.24, 2.45) is 5.73 Å². The third kappa shape index (κ3) is 3.42. The number of rotatable bonds is 4. The summed E-state index contributed by atoms with van der Waals surface area (Å²) in [5, 5.41) is 0.0757. The molecule has 0 atom stereocenters. The number of hydrogen-bond donors (Lipinski definition) is 2. The molecule has 0 saturated heterocycles. The van der Waals surface area contributed by atoms with Gasteiger partial charge in [-0.3, -0.25) is 9.59 Å². The SMILES string of the molecule is CC(C)n1cc(-c2nc3c(=O)c(CN)c[nH]c3nc2-c2ccccc2)cc(Cl)c1=O. The Morgan fingerprint density at radius 1 is 1.10 bits per heavy atom. The Morgan fingerprint density at radius 3 is 2.47 bits per heavy atom. The Balaban J connectivity index is 2.10. The average molecular weight is 422 g/mol. The van der Waals surface area contributed by atoms with Gasteiger partial charge in [-0.25, -0.2) is 9.97 Å². The van der Waals surface area contributed by atoms with E-state index in [1.165, 1.54) is 0 Å². The van der Waals surface area contributed by atoms with Crippen LogP contribution in [0.3, 0.4) is 0 Å². The molecule has 3 heterocycles. The lowest BCUT2D eigenvalue weighted by molar-refractivity contribution is 0.579. The zero-order valence-corrected chi connectivity index (χ0v) is 17.3. The highest BCUT2D eigenvalue weighted by atomic mass is 35.5. The van der Waals surface area contributed by atoms with Crippen LogP contribution < -0.4 is 16.7 Å². The van der Waals surface area contributed by atoms with E-state index in [9.17, 15) is 9.59 Å². The van der Waals surface area contributed by atoms with Crippen molar-refractivity contribution in [1.82, 2.24) is 19.5 Å². The lowest BCUT2D eigenvalue weighted by Crippen LogP contribution is -2.22. The summed E-state index contributed by atoms with van der Waals surface area (Å²) in [7, 11) is 0. The number of pyridine rings is 2. The number of nitrogens with zero attached hydrogens (tertiary/aromatic N) is 3. The van der Waals surface area contributed by atoms with Crippen LogP contribution in [0.2, 0.25) is 5.02 Å². The van der Waals surface area contributed by atoms with Gasteiger partial charge in [-0.2, -0.15) is 0 Å². The van der Waals surface area contributed by atoms with Gasteiger partial charge in [0.05, 0.1) is 11.4 Å². The number of halogens is 1. The van der Waals surface area contributed by atoms with Gasteiger partial charge in [-0.1, -0.05) is 41.9 Å². The first kappa shape index (κ1) is 20.0. The number of benzene rings is 1. The standard InChI is InChI=1S/C22H20ClN5O2/c1-12(2)28-11-14(8-16(23)22(28)30)18-17(13-6-4-3-5-7-13)27-21-19(26-18)20(29)15(9-24)10-25-21/h3-8,10-12H,9,24H2,1-2H3,(H,25,27,29). The molecule has 0 fully saturated rings. The molecule has 0 saturated carbocycles. The van der Waals surface area contributed by atoms with Gasteiger partial charge < -0.3 is 15.3 Å². The smallest absolute Gasteiger partial charge is 0.269 e. The fraction of sp³-hybridized carbons (Fsp3) is 0.182. The molecular weight excluding hydrogens is 402 g/mol. The minimum atomic E-state index is -0.284. The summed E-state index contributed by atoms with van der Waals surface area (Å²) in [4.78, 5) is 37.6. The molecule has 0 bridgehead atoms. The molecule has 3 aromatic heterocycles. The minimum Gasteiger partial charge on any atom is -0.344 e. The molecular formula is C22H20ClN5O2. The highest BCUT2D eigenvalue weighted by molar-refractivity contribution is 6.30. The predicted molar refractivity (Wildman–Crippen MR) is 119 cm³/mol. The molecule has 7 nitrogen and oxygen atoms in total. The highest BCUT2D eigenvalue weighted by Crippen LogP contribution is 2.31. The van der Waals surface area contributed by atoms with Gasteiger partial charge in [0, 0.05) is 41.7 Å². The monoisotopic (exact) mass is 421 g/mol. The van der Waals surface area contributed by atoms with E-state index in [-0.39, 0.29) is 34.1 Å². The third-order valence-corrected chi connectivity index (χ3v) is 5.15. The summed E-state index contributed by atoms with van der Waals surface area (Å²) >= 11 is 6.24. The Kier molecular flexibility index (Phi) is 5.24. The van der Waals surface area contributed by atoms with Crippen LogP contribution >= 0.6 is 11.6 Å². The predicted octanol–water partition coefficient (Wildman–Crippen LogP) is 3.51. The Morgan fingerprint density at radius 2 is 1.80 bits per heavy atom. The maximum absolute atomic E-state index is 12.8. The van der Waals surface area contributed by atoms with Crippen molar-refractivity contribution >= 4 is 22.8 Å². The van der Waals surface area contributed by atoms with Crippen LogP contribution in [0.4, 0.5) is 0 Å². The fourth-order valence-corrected chi connectivity index (χ4v) is 3.51. The number of hydrogen-bond acceptors (Lipinski definition) is 5. The van der Waals surface area contributed by atoms with Crippen LogP contribution in [0, 0.1) is 0 Å². The van der Waals surface area contributed by atoms with Crippen molar-refractivity contribution in [3.8, 4) is 22.5 Å². The van der Waals surface area contributed by atoms with Crippen LogP contribution in [0.1, 0.15) is 25.5 Å². The van der Waals surface area contributed by atoms with Crippen LogP contribution in [-0.2, 0) is 6.54 Å². The minimum absolute atomic E-state index is 0.0757. The van der Waals surface area contributed by atoms with E-state index < -0.39 is 0 Å². The van der Waals surface area contributed by atoms with Crippen molar-refractivity contribution in [2.75, 3.05) is 0 Å². The van der Waals surface area contributed by atoms with Crippen LogP contribution in [0.25, 0.3) is 33.7 Å². The van der Waals surface area contributed by atoms with E-state index in [1.54, 1.807) is 23.0 Å². The van der Waals surface area contributed by atoms with Crippen molar-refractivity contribution in [2.45, 2.75) is 26.4 Å². The summed E-state index contributed by atoms with van der Waals surface area (Å²) in [6.07, 6.45) is 3.26. The largest absolute Gasteiger partial charge is 0.344 e. The number of aromatic amines is 1. The van der Waals surface area contributed by atoms with Gasteiger partial charge in [-0.05, 0) is 19.9 Å². The maximum Gasteiger partial charge on any atom is 0.269 e. The summed E-state index contributed by atoms with van der Waals surface area (Å²) < 4.78 is 1.54. The van der Waals surface area contributed by atoms with Crippen molar-refractivity contribution < 1.29 is 0 Å². The number of nitrogens with two attached hydrogens (primary N) is 1. The first-order valence-corrected chi connectivity index (χ1v) is 9.88. The van der Waals surface area contributed by atoms with Crippen LogP contribution in [-0.4, -0.2) is 19.5 Å². The van der Waals surface area contributed by atoms with Crippen molar-refractivity contribution in [3.05, 3.63) is 80.0 Å². The molecule has 3 N–H and O–H groups in total. The number of nitrogens with one attached hydrogen (secondary N) is 1. The Hall–Kier alpha value is -3.29. The first-order valence-electron chi connectivity index (χ1n) is 9.50. The summed E-state index contributed by atoms with van der Waals surface area (Å²) in [5.41, 5.74) is 8.54. The molecule has 0 aliphatic rings. The lowest BCUT2D eigenvalue weighted by atomic mass is 10.0. The van der Waals surface area contributed by atoms with Crippen molar-refractivity contribution in [1.29, 1.82) is 0 Å². The van der Waals surface area contributed by atoms with Gasteiger partial charge in [-0.15, -0.1) is 0 Å². The molecule has 152 valence electrons. The third-order valence-electron chi connectivity index (χ3n) is 4.88. The van der Waals surface area contributed by atoms with E-state index >= 15 is 0 Å². The molecule has 4 rings (SSSR count). The molecule has 0 radical (unpaired) electrons. The summed E-state index contributed by atoms with van der Waals surface area (Å²) in [6.45, 7) is 3.88. The van der Waals surface area contributed by atoms with Crippen LogP contribution in [0.5, 0.6) is 0 Å². The normalized spacial score (nSPS) is 11.4. The molecule has 0 spiro atoms. The second-order valence-electron chi connectivity index (χ2n) is 7.21. The highest BCUT2D eigenvalue weighted by Gasteiger charge is 2.18. The van der Waals surface area contributed by atoms with Gasteiger partial charge >= 0.3 is 0 Å². The van der Waals surface area contributed by atoms with Gasteiger partial charge in [0.15, 0.2) is 11.2 Å². The number of H-pyrrole nitrogens is 1. The van der Waals surface area contributed by atoms with Crippen molar-refractivity contribution in [3.63, 3.8) is 0 Å². The fourth-order valence-electron chi connectivity index (χ4n) is 3.30. The topological polar surface area (TPSA) is 107 Å². The van der Waals surface area contributed by atoms with Gasteiger partial charge in [0.2, 0.25) is 5.43 Å². The molecule has 4 aromatic rings. The molecule has 8 heteroatoms. The van der Waals surface area contributed by atoms with E-state index in [0.29, 0.717) is 28.2 Å². The number of fused-ring (bicyclic) bond motifs is 1. The van der Waals surface area contributed by atoms with E-state index in [2.05, 4.69) is 9.97 Å². The summed E-state index contributed by atoms with van der Waals surface area (Å²) in [6, 6.07) is 11.0. The zero-order chi connectivity index (χ0) is 21.4. The van der Waals surface area contributed by atoms with Gasteiger partial charge in [0.1, 0.15) is 5.02 Å². The Bertz CT molecular complexity index is 1360. The first-order chi connectivity index (χ1) is 14.4. The van der Waals surface area contributed by atoms with Gasteiger partial charge in [0.25, 0.3) is 5.56 Å². The molecule has 30 heavy (non-hydrogen) atoms.